The maximum Gasteiger partial charge on any atom is 0.273 e. The number of benzene rings is 1. The minimum absolute atomic E-state index is 0.00381. The highest BCUT2D eigenvalue weighted by Gasteiger charge is 2.11. The molecule has 6 heteroatoms. The van der Waals surface area contributed by atoms with Gasteiger partial charge in [-0.25, -0.2) is 4.98 Å². The molecular formula is C11H9ClN2O3. The topological polar surface area (TPSA) is 75.2 Å². The number of aromatic amines is 1. The van der Waals surface area contributed by atoms with Crippen molar-refractivity contribution in [2.45, 2.75) is 6.92 Å². The highest BCUT2D eigenvalue weighted by atomic mass is 35.5. The van der Waals surface area contributed by atoms with Gasteiger partial charge in [0.25, 0.3) is 5.56 Å². The van der Waals surface area contributed by atoms with Crippen LogP contribution in [0.25, 0.3) is 0 Å². The molecule has 0 fully saturated rings. The van der Waals surface area contributed by atoms with E-state index in [9.17, 15) is 9.90 Å². The molecule has 0 spiro atoms. The first-order valence-corrected chi connectivity index (χ1v) is 5.17. The molecule has 2 aromatic rings. The largest absolute Gasteiger partial charge is 0.508 e. The predicted octanol–water partition coefficient (Wildman–Crippen LogP) is 2.23. The molecule has 2 rings (SSSR count). The summed E-state index contributed by atoms with van der Waals surface area (Å²) in [6, 6.07) is 4.81. The molecule has 0 atom stereocenters. The Morgan fingerprint density at radius 3 is 3.00 bits per heavy atom. The summed E-state index contributed by atoms with van der Waals surface area (Å²) in [5.41, 5.74) is 0.0696. The molecule has 1 aromatic carbocycles. The molecule has 1 aromatic heterocycles. The lowest BCUT2D eigenvalue weighted by Gasteiger charge is -2.08. The summed E-state index contributed by atoms with van der Waals surface area (Å²) in [4.78, 5) is 17.4. The maximum absolute atomic E-state index is 11.2. The highest BCUT2D eigenvalue weighted by Crippen LogP contribution is 2.30. The second-order valence-corrected chi connectivity index (χ2v) is 3.73. The lowest BCUT2D eigenvalue weighted by molar-refractivity contribution is 0.438. The lowest BCUT2D eigenvalue weighted by atomic mass is 10.2. The van der Waals surface area contributed by atoms with E-state index < -0.39 is 5.56 Å². The summed E-state index contributed by atoms with van der Waals surface area (Å²) in [5.74, 6) is 0.498. The second kappa shape index (κ2) is 4.47. The van der Waals surface area contributed by atoms with E-state index in [1.807, 2.05) is 0 Å². The summed E-state index contributed by atoms with van der Waals surface area (Å²) in [5, 5.41) is 9.37. The van der Waals surface area contributed by atoms with Gasteiger partial charge in [0.1, 0.15) is 11.5 Å². The van der Waals surface area contributed by atoms with Gasteiger partial charge >= 0.3 is 0 Å². The molecule has 17 heavy (non-hydrogen) atoms. The van der Waals surface area contributed by atoms with Gasteiger partial charge in [0.2, 0.25) is 5.88 Å². The molecule has 2 N–H and O–H groups in total. The molecule has 0 saturated carbocycles. The van der Waals surface area contributed by atoms with E-state index in [0.717, 1.165) is 0 Å². The number of hydrogen-bond acceptors (Lipinski definition) is 4. The van der Waals surface area contributed by atoms with Crippen LogP contribution in [0.3, 0.4) is 0 Å². The average molecular weight is 253 g/mol. The smallest absolute Gasteiger partial charge is 0.273 e. The van der Waals surface area contributed by atoms with Crippen LogP contribution in [0.15, 0.2) is 29.3 Å². The Morgan fingerprint density at radius 2 is 2.24 bits per heavy atom. The summed E-state index contributed by atoms with van der Waals surface area (Å²) >= 11 is 5.74. The summed E-state index contributed by atoms with van der Waals surface area (Å²) in [7, 11) is 0. The van der Waals surface area contributed by atoms with Gasteiger partial charge < -0.3 is 14.8 Å². The van der Waals surface area contributed by atoms with E-state index in [4.69, 9.17) is 16.3 Å². The number of aromatic hydroxyl groups is 1. The molecule has 0 amide bonds. The van der Waals surface area contributed by atoms with Crippen molar-refractivity contribution >= 4 is 11.6 Å². The fraction of sp³-hybridized carbons (Fsp3) is 0.0909. The van der Waals surface area contributed by atoms with Gasteiger partial charge in [-0.2, -0.15) is 0 Å². The zero-order chi connectivity index (χ0) is 12.4. The van der Waals surface area contributed by atoms with Crippen molar-refractivity contribution < 1.29 is 9.84 Å². The fourth-order valence-electron chi connectivity index (χ4n) is 1.26. The molecule has 0 bridgehead atoms. The molecule has 0 aliphatic rings. The third-order valence-corrected chi connectivity index (χ3v) is 2.56. The second-order valence-electron chi connectivity index (χ2n) is 3.35. The number of rotatable bonds is 2. The Kier molecular flexibility index (Phi) is 3.01. The normalized spacial score (nSPS) is 10.2. The zero-order valence-electron chi connectivity index (χ0n) is 8.90. The Labute approximate surface area is 102 Å². The average Bonchev–Trinajstić information content (AvgIpc) is 2.31. The minimum atomic E-state index is -0.477. The Hall–Kier alpha value is -2.01. The van der Waals surface area contributed by atoms with Gasteiger partial charge in [-0.1, -0.05) is 17.7 Å². The first kappa shape index (κ1) is 11.5. The van der Waals surface area contributed by atoms with E-state index in [-0.39, 0.29) is 16.7 Å². The van der Waals surface area contributed by atoms with Crippen LogP contribution in [0.2, 0.25) is 5.02 Å². The third-order valence-electron chi connectivity index (χ3n) is 2.23. The standard InChI is InChI=1S/C11H9ClN2O3/c1-6-7(15)3-2-4-8(6)17-11-9(12)10(16)13-5-14-11/h2-5,15H,1H3,(H,13,14,16). The number of phenolic OH excluding ortho intramolecular Hbond substituents is 1. The van der Waals surface area contributed by atoms with Crippen LogP contribution in [-0.2, 0) is 0 Å². The van der Waals surface area contributed by atoms with Crippen molar-refractivity contribution in [2.24, 2.45) is 0 Å². The van der Waals surface area contributed by atoms with Crippen molar-refractivity contribution in [1.29, 1.82) is 0 Å². The molecule has 0 aliphatic carbocycles. The lowest BCUT2D eigenvalue weighted by Crippen LogP contribution is -2.08. The highest BCUT2D eigenvalue weighted by molar-refractivity contribution is 6.31. The van der Waals surface area contributed by atoms with Crippen molar-refractivity contribution in [3.05, 3.63) is 45.5 Å². The van der Waals surface area contributed by atoms with Crippen molar-refractivity contribution in [3.63, 3.8) is 0 Å². The van der Waals surface area contributed by atoms with Gasteiger partial charge in [0, 0.05) is 5.56 Å². The number of hydrogen-bond donors (Lipinski definition) is 2. The minimum Gasteiger partial charge on any atom is -0.508 e. The van der Waals surface area contributed by atoms with Crippen molar-refractivity contribution in [1.82, 2.24) is 9.97 Å². The maximum atomic E-state index is 11.2. The quantitative estimate of drug-likeness (QED) is 0.859. The van der Waals surface area contributed by atoms with E-state index in [0.29, 0.717) is 11.3 Å². The first-order valence-electron chi connectivity index (χ1n) is 4.79. The van der Waals surface area contributed by atoms with Crippen LogP contribution >= 0.6 is 11.6 Å². The number of aromatic nitrogens is 2. The van der Waals surface area contributed by atoms with E-state index >= 15 is 0 Å². The van der Waals surface area contributed by atoms with Gasteiger partial charge in [-0.15, -0.1) is 0 Å². The Morgan fingerprint density at radius 1 is 1.47 bits per heavy atom. The molecule has 0 radical (unpaired) electrons. The first-order chi connectivity index (χ1) is 8.09. The summed E-state index contributed by atoms with van der Waals surface area (Å²) < 4.78 is 5.38. The molecule has 0 saturated heterocycles. The van der Waals surface area contributed by atoms with Gasteiger partial charge in [-0.05, 0) is 19.1 Å². The third kappa shape index (κ3) is 2.24. The number of H-pyrrole nitrogens is 1. The van der Waals surface area contributed by atoms with Crippen LogP contribution in [0.1, 0.15) is 5.56 Å². The van der Waals surface area contributed by atoms with Crippen LogP contribution < -0.4 is 10.3 Å². The van der Waals surface area contributed by atoms with Gasteiger partial charge in [0.05, 0.1) is 6.33 Å². The van der Waals surface area contributed by atoms with Crippen molar-refractivity contribution in [3.8, 4) is 17.4 Å². The monoisotopic (exact) mass is 252 g/mol. The Bertz CT molecular complexity index is 610. The molecule has 0 unspecified atom stereocenters. The van der Waals surface area contributed by atoms with Crippen LogP contribution in [-0.4, -0.2) is 15.1 Å². The predicted molar refractivity (Wildman–Crippen MR) is 62.8 cm³/mol. The van der Waals surface area contributed by atoms with E-state index in [2.05, 4.69) is 9.97 Å². The zero-order valence-corrected chi connectivity index (χ0v) is 9.65. The number of nitrogens with one attached hydrogen (secondary N) is 1. The van der Waals surface area contributed by atoms with E-state index in [1.54, 1.807) is 19.1 Å². The van der Waals surface area contributed by atoms with Crippen LogP contribution in [0.5, 0.6) is 17.4 Å². The molecule has 5 nitrogen and oxygen atoms in total. The SMILES string of the molecule is Cc1c(O)cccc1Oc1nc[nH]c(=O)c1Cl. The molecule has 88 valence electrons. The number of phenols is 1. The van der Waals surface area contributed by atoms with Crippen LogP contribution in [0.4, 0.5) is 0 Å². The van der Waals surface area contributed by atoms with Crippen LogP contribution in [0, 0.1) is 6.92 Å². The fourth-order valence-corrected chi connectivity index (χ4v) is 1.40. The number of ether oxygens (including phenoxy) is 1. The number of halogens is 1. The van der Waals surface area contributed by atoms with Gasteiger partial charge in [0.15, 0.2) is 5.02 Å². The number of nitrogens with zero attached hydrogens (tertiary/aromatic N) is 1. The Balaban J connectivity index is 2.42. The molecule has 1 heterocycles. The van der Waals surface area contributed by atoms with E-state index in [1.165, 1.54) is 12.4 Å². The van der Waals surface area contributed by atoms with Gasteiger partial charge in [-0.3, -0.25) is 4.79 Å². The summed E-state index contributed by atoms with van der Waals surface area (Å²) in [6.07, 6.45) is 1.20. The van der Waals surface area contributed by atoms with Crippen molar-refractivity contribution in [2.75, 3.05) is 0 Å². The molecule has 0 aliphatic heterocycles. The molecular weight excluding hydrogens is 244 g/mol. The summed E-state index contributed by atoms with van der Waals surface area (Å²) in [6.45, 7) is 1.69.